The zero-order valence-electron chi connectivity index (χ0n) is 11.9. The molecule has 0 spiro atoms. The van der Waals surface area contributed by atoms with Crippen molar-refractivity contribution >= 4 is 11.8 Å². The Balaban J connectivity index is 1.97. The number of rotatable bonds is 4. The molecule has 0 aliphatic heterocycles. The lowest BCUT2D eigenvalue weighted by molar-refractivity contribution is 0.424. The number of pyridine rings is 1. The van der Waals surface area contributed by atoms with Gasteiger partial charge in [-0.25, -0.2) is 4.98 Å². The quantitative estimate of drug-likeness (QED) is 0.915. The average Bonchev–Trinajstić information content (AvgIpc) is 2.73. The number of hydrogen-bond acceptors (Lipinski definition) is 4. The Bertz CT molecular complexity index is 526. The minimum atomic E-state index is 0.126. The van der Waals surface area contributed by atoms with Crippen molar-refractivity contribution in [2.45, 2.75) is 49.7 Å². The number of nitrogens with one attached hydrogen (secondary N) is 1. The lowest BCUT2D eigenvalue weighted by Crippen LogP contribution is -2.35. The van der Waals surface area contributed by atoms with E-state index in [0.717, 1.165) is 22.2 Å². The van der Waals surface area contributed by atoms with Crippen LogP contribution in [0.1, 0.15) is 32.1 Å². The van der Waals surface area contributed by atoms with Gasteiger partial charge in [0.25, 0.3) is 0 Å². The molecule has 0 amide bonds. The maximum atomic E-state index is 5.28. The first-order valence-corrected chi connectivity index (χ1v) is 7.17. The lowest BCUT2D eigenvalue weighted by Gasteiger charge is -2.20. The fraction of sp³-hybridized carbons (Fsp3) is 0.400. The van der Waals surface area contributed by atoms with Crippen molar-refractivity contribution in [2.24, 2.45) is 0 Å². The molecule has 0 saturated heterocycles. The summed E-state index contributed by atoms with van der Waals surface area (Å²) in [6.07, 6.45) is 3.63. The summed E-state index contributed by atoms with van der Waals surface area (Å²) in [6, 6.07) is 6.14. The van der Waals surface area contributed by atoms with Gasteiger partial charge in [-0.3, -0.25) is 0 Å². The van der Waals surface area contributed by atoms with Crippen LogP contribution in [-0.4, -0.2) is 10.5 Å². The van der Waals surface area contributed by atoms with Gasteiger partial charge >= 0.3 is 0 Å². The summed E-state index contributed by atoms with van der Waals surface area (Å²) in [6.45, 7) is 9.28. The first-order chi connectivity index (χ1) is 8.94. The highest BCUT2D eigenvalue weighted by Crippen LogP contribution is 2.29. The standard InChI is InChI=1S/C15H20N2OS/c1-11-13(7-8-18-11)19-14-6-5-12(9-16-14)10-17-15(2,3)4/h5-9,17H,10H2,1-4H3. The molecule has 2 heterocycles. The monoisotopic (exact) mass is 276 g/mol. The fourth-order valence-corrected chi connectivity index (χ4v) is 2.32. The van der Waals surface area contributed by atoms with Gasteiger partial charge < -0.3 is 9.73 Å². The van der Waals surface area contributed by atoms with Gasteiger partial charge in [0.05, 0.1) is 11.2 Å². The van der Waals surface area contributed by atoms with Crippen LogP contribution in [0.3, 0.4) is 0 Å². The third-order valence-corrected chi connectivity index (χ3v) is 3.74. The molecule has 3 nitrogen and oxygen atoms in total. The number of aryl methyl sites for hydroxylation is 1. The molecule has 2 aromatic heterocycles. The number of nitrogens with zero attached hydrogens (tertiary/aromatic N) is 1. The van der Waals surface area contributed by atoms with Gasteiger partial charge in [-0.1, -0.05) is 17.8 Å². The summed E-state index contributed by atoms with van der Waals surface area (Å²) >= 11 is 1.63. The smallest absolute Gasteiger partial charge is 0.114 e. The van der Waals surface area contributed by atoms with Gasteiger partial charge in [-0.05, 0) is 45.4 Å². The van der Waals surface area contributed by atoms with Gasteiger partial charge in [-0.15, -0.1) is 0 Å². The normalized spacial score (nSPS) is 11.8. The molecule has 0 aromatic carbocycles. The Morgan fingerprint density at radius 1 is 1.26 bits per heavy atom. The van der Waals surface area contributed by atoms with Crippen molar-refractivity contribution in [3.05, 3.63) is 42.0 Å². The van der Waals surface area contributed by atoms with Gasteiger partial charge in [0.1, 0.15) is 10.8 Å². The zero-order chi connectivity index (χ0) is 13.9. The van der Waals surface area contributed by atoms with Gasteiger partial charge in [0.2, 0.25) is 0 Å². The molecule has 0 unspecified atom stereocenters. The minimum Gasteiger partial charge on any atom is -0.468 e. The van der Waals surface area contributed by atoms with Crippen LogP contribution in [0.2, 0.25) is 0 Å². The largest absolute Gasteiger partial charge is 0.468 e. The van der Waals surface area contributed by atoms with Gasteiger partial charge in [0.15, 0.2) is 0 Å². The number of furan rings is 1. The minimum absolute atomic E-state index is 0.126. The van der Waals surface area contributed by atoms with Gasteiger partial charge in [-0.2, -0.15) is 0 Å². The van der Waals surface area contributed by atoms with Crippen molar-refractivity contribution in [2.75, 3.05) is 0 Å². The maximum Gasteiger partial charge on any atom is 0.114 e. The van der Waals surface area contributed by atoms with E-state index in [2.05, 4.69) is 43.2 Å². The van der Waals surface area contributed by atoms with E-state index in [1.54, 1.807) is 18.0 Å². The summed E-state index contributed by atoms with van der Waals surface area (Å²) in [5, 5.41) is 4.44. The van der Waals surface area contributed by atoms with Crippen LogP contribution < -0.4 is 5.32 Å². The van der Waals surface area contributed by atoms with Crippen molar-refractivity contribution in [3.8, 4) is 0 Å². The molecule has 2 aromatic rings. The van der Waals surface area contributed by atoms with Crippen LogP contribution in [0.5, 0.6) is 0 Å². The molecule has 0 radical (unpaired) electrons. The second kappa shape index (κ2) is 5.80. The van der Waals surface area contributed by atoms with E-state index >= 15 is 0 Å². The maximum absolute atomic E-state index is 5.28. The van der Waals surface area contributed by atoms with E-state index in [0.29, 0.717) is 0 Å². The van der Waals surface area contributed by atoms with Crippen LogP contribution in [0.15, 0.2) is 45.0 Å². The fourth-order valence-electron chi connectivity index (χ4n) is 1.53. The van der Waals surface area contributed by atoms with E-state index in [4.69, 9.17) is 4.42 Å². The predicted molar refractivity (Wildman–Crippen MR) is 78.4 cm³/mol. The molecule has 4 heteroatoms. The molecule has 0 saturated carbocycles. The number of aromatic nitrogens is 1. The third kappa shape index (κ3) is 4.40. The van der Waals surface area contributed by atoms with Crippen molar-refractivity contribution in [3.63, 3.8) is 0 Å². The van der Waals surface area contributed by atoms with Crippen molar-refractivity contribution in [1.29, 1.82) is 0 Å². The van der Waals surface area contributed by atoms with E-state index in [1.165, 1.54) is 5.56 Å². The van der Waals surface area contributed by atoms with Crippen LogP contribution in [0.4, 0.5) is 0 Å². The van der Waals surface area contributed by atoms with Crippen LogP contribution in [0.25, 0.3) is 0 Å². The van der Waals surface area contributed by atoms with Crippen molar-refractivity contribution < 1.29 is 4.42 Å². The van der Waals surface area contributed by atoms with Gasteiger partial charge in [0, 0.05) is 18.3 Å². The molecule has 19 heavy (non-hydrogen) atoms. The van der Waals surface area contributed by atoms with E-state index in [-0.39, 0.29) is 5.54 Å². The Morgan fingerprint density at radius 3 is 2.58 bits per heavy atom. The molecule has 1 N–H and O–H groups in total. The molecule has 0 fully saturated rings. The first-order valence-electron chi connectivity index (χ1n) is 6.36. The molecular formula is C15H20N2OS. The lowest BCUT2D eigenvalue weighted by atomic mass is 10.1. The molecule has 0 aliphatic rings. The SMILES string of the molecule is Cc1occc1Sc1ccc(CNC(C)(C)C)cn1. The summed E-state index contributed by atoms with van der Waals surface area (Å²) in [7, 11) is 0. The van der Waals surface area contributed by atoms with E-state index < -0.39 is 0 Å². The Hall–Kier alpha value is -1.26. The summed E-state index contributed by atoms with van der Waals surface area (Å²) in [5.41, 5.74) is 1.32. The predicted octanol–water partition coefficient (Wildman–Crippen LogP) is 4.02. The van der Waals surface area contributed by atoms with E-state index in [9.17, 15) is 0 Å². The first kappa shape index (κ1) is 14.2. The average molecular weight is 276 g/mol. The zero-order valence-corrected chi connectivity index (χ0v) is 12.7. The van der Waals surface area contributed by atoms with Crippen LogP contribution in [-0.2, 0) is 6.54 Å². The molecule has 2 rings (SSSR count). The Morgan fingerprint density at radius 2 is 2.05 bits per heavy atom. The molecule has 0 atom stereocenters. The molecular weight excluding hydrogens is 256 g/mol. The second-order valence-electron chi connectivity index (χ2n) is 5.55. The number of hydrogen-bond donors (Lipinski definition) is 1. The molecule has 0 bridgehead atoms. The summed E-state index contributed by atoms with van der Waals surface area (Å²) < 4.78 is 5.28. The highest BCUT2D eigenvalue weighted by molar-refractivity contribution is 7.99. The Kier molecular flexibility index (Phi) is 4.32. The van der Waals surface area contributed by atoms with Crippen LogP contribution >= 0.6 is 11.8 Å². The van der Waals surface area contributed by atoms with Crippen LogP contribution in [0, 0.1) is 6.92 Å². The summed E-state index contributed by atoms with van der Waals surface area (Å²) in [5.74, 6) is 0.935. The van der Waals surface area contributed by atoms with E-state index in [1.807, 2.05) is 19.2 Å². The second-order valence-corrected chi connectivity index (χ2v) is 6.61. The van der Waals surface area contributed by atoms with Crippen molar-refractivity contribution in [1.82, 2.24) is 10.3 Å². The highest BCUT2D eigenvalue weighted by Gasteiger charge is 2.09. The molecule has 102 valence electrons. The molecule has 0 aliphatic carbocycles. The Labute approximate surface area is 118 Å². The third-order valence-electron chi connectivity index (χ3n) is 2.65. The topological polar surface area (TPSA) is 38.1 Å². The summed E-state index contributed by atoms with van der Waals surface area (Å²) in [4.78, 5) is 5.60. The highest BCUT2D eigenvalue weighted by atomic mass is 32.2.